The van der Waals surface area contributed by atoms with E-state index >= 15 is 0 Å². The van der Waals surface area contributed by atoms with Crippen molar-refractivity contribution in [1.82, 2.24) is 0 Å². The van der Waals surface area contributed by atoms with E-state index in [0.29, 0.717) is 25.0 Å². The lowest BCUT2D eigenvalue weighted by atomic mass is 9.75. The number of hydrogen-bond donors (Lipinski definition) is 2. The number of carbonyl (C=O) groups excluding carboxylic acids is 1. The van der Waals surface area contributed by atoms with Gasteiger partial charge in [-0.15, -0.1) is 0 Å². The van der Waals surface area contributed by atoms with Crippen LogP contribution in [0.4, 0.5) is 4.39 Å². The molecule has 0 aromatic carbocycles. The topological polar surface area (TPSA) is 125 Å². The molecule has 0 saturated carbocycles. The molecular weight excluding hydrogens is 561 g/mol. The molecule has 0 aliphatic carbocycles. The summed E-state index contributed by atoms with van der Waals surface area (Å²) in [6.07, 6.45) is -2.19. The summed E-state index contributed by atoms with van der Waals surface area (Å²) < 4.78 is 43.8. The van der Waals surface area contributed by atoms with Gasteiger partial charge in [-0.3, -0.25) is 4.79 Å². The third kappa shape index (κ3) is 8.67. The van der Waals surface area contributed by atoms with Gasteiger partial charge in [-0.2, -0.15) is 0 Å². The van der Waals surface area contributed by atoms with Crippen LogP contribution in [-0.2, 0) is 33.3 Å². The highest BCUT2D eigenvalue weighted by Gasteiger charge is 2.49. The van der Waals surface area contributed by atoms with Gasteiger partial charge in [0.1, 0.15) is 11.7 Å². The molecule has 0 spiro atoms. The first kappa shape index (κ1) is 37.8. The molecule has 2 heterocycles. The van der Waals surface area contributed by atoms with Crippen LogP contribution in [0.3, 0.4) is 0 Å². The Labute approximate surface area is 257 Å². The molecular formula is C32H58FNO9. The van der Waals surface area contributed by atoms with E-state index < -0.39 is 66.1 Å². The van der Waals surface area contributed by atoms with Gasteiger partial charge in [-0.1, -0.05) is 39.8 Å². The van der Waals surface area contributed by atoms with Gasteiger partial charge in [-0.05, 0) is 59.8 Å². The molecule has 2 saturated heterocycles. The van der Waals surface area contributed by atoms with Gasteiger partial charge >= 0.3 is 5.97 Å². The SMILES string of the molecule is CC[C@H]1OC(=O)[C@H](C)[C@@H](O[C@H]2C[C@@](C)(OC)[C@@H](C)C(C)O2)[C@H](C)C[C@](C)(OC)C[C@@H](C)/C(=N\OCF)C(C)C(O)[C@]1(C)O. The zero-order valence-corrected chi connectivity index (χ0v) is 28.4. The first-order valence-electron chi connectivity index (χ1n) is 15.7. The van der Waals surface area contributed by atoms with Gasteiger partial charge in [0.25, 0.3) is 6.86 Å². The smallest absolute Gasteiger partial charge is 0.311 e. The second-order valence-corrected chi connectivity index (χ2v) is 13.7. The predicted molar refractivity (Wildman–Crippen MR) is 161 cm³/mol. The Morgan fingerprint density at radius 1 is 1.00 bits per heavy atom. The highest BCUT2D eigenvalue weighted by atomic mass is 19.1. The lowest BCUT2D eigenvalue weighted by Crippen LogP contribution is -2.56. The number of esters is 1. The zero-order valence-electron chi connectivity index (χ0n) is 28.4. The van der Waals surface area contributed by atoms with Crippen molar-refractivity contribution >= 4 is 11.7 Å². The Hall–Kier alpha value is -1.37. The second kappa shape index (κ2) is 15.3. The van der Waals surface area contributed by atoms with Crippen LogP contribution in [0.5, 0.6) is 0 Å². The zero-order chi connectivity index (χ0) is 32.9. The average molecular weight is 620 g/mol. The maximum atomic E-state index is 13.7. The Bertz CT molecular complexity index is 935. The van der Waals surface area contributed by atoms with Crippen molar-refractivity contribution in [2.24, 2.45) is 34.7 Å². The molecule has 252 valence electrons. The van der Waals surface area contributed by atoms with Crippen molar-refractivity contribution in [1.29, 1.82) is 0 Å². The number of hydrogen-bond acceptors (Lipinski definition) is 10. The van der Waals surface area contributed by atoms with Gasteiger partial charge in [0.05, 0.1) is 41.1 Å². The molecule has 43 heavy (non-hydrogen) atoms. The summed E-state index contributed by atoms with van der Waals surface area (Å²) in [4.78, 5) is 18.5. The Morgan fingerprint density at radius 2 is 1.63 bits per heavy atom. The minimum Gasteiger partial charge on any atom is -0.459 e. The molecule has 0 bridgehead atoms. The molecule has 2 N–H and O–H groups in total. The summed E-state index contributed by atoms with van der Waals surface area (Å²) >= 11 is 0. The molecule has 0 aromatic heterocycles. The van der Waals surface area contributed by atoms with Gasteiger partial charge in [0.2, 0.25) is 0 Å². The van der Waals surface area contributed by atoms with Crippen molar-refractivity contribution in [2.45, 2.75) is 142 Å². The summed E-state index contributed by atoms with van der Waals surface area (Å²) in [6, 6.07) is 0. The van der Waals surface area contributed by atoms with E-state index in [9.17, 15) is 19.4 Å². The maximum Gasteiger partial charge on any atom is 0.311 e. The van der Waals surface area contributed by atoms with Crippen LogP contribution in [0, 0.1) is 29.6 Å². The maximum absolute atomic E-state index is 13.7. The molecule has 2 fully saturated rings. The van der Waals surface area contributed by atoms with E-state index in [1.165, 1.54) is 6.92 Å². The minimum absolute atomic E-state index is 0.123. The molecule has 2 aliphatic rings. The van der Waals surface area contributed by atoms with E-state index in [-0.39, 0.29) is 30.3 Å². The number of aliphatic hydroxyl groups is 2. The van der Waals surface area contributed by atoms with Crippen LogP contribution < -0.4 is 0 Å². The first-order chi connectivity index (χ1) is 19.9. The number of oxime groups is 1. The van der Waals surface area contributed by atoms with E-state index in [1.54, 1.807) is 35.0 Å². The van der Waals surface area contributed by atoms with Crippen LogP contribution >= 0.6 is 0 Å². The van der Waals surface area contributed by atoms with E-state index in [4.69, 9.17) is 28.5 Å². The Balaban J connectivity index is 2.59. The van der Waals surface area contributed by atoms with Crippen molar-refractivity contribution in [2.75, 3.05) is 21.1 Å². The monoisotopic (exact) mass is 619 g/mol. The third-order valence-electron chi connectivity index (χ3n) is 10.3. The highest BCUT2D eigenvalue weighted by Crippen LogP contribution is 2.40. The summed E-state index contributed by atoms with van der Waals surface area (Å²) in [7, 11) is 3.31. The molecule has 2 rings (SSSR count). The number of aliphatic hydroxyl groups excluding tert-OH is 1. The van der Waals surface area contributed by atoms with Gasteiger partial charge < -0.3 is 38.7 Å². The fraction of sp³-hybridized carbons (Fsp3) is 0.938. The third-order valence-corrected chi connectivity index (χ3v) is 10.3. The lowest BCUT2D eigenvalue weighted by molar-refractivity contribution is -0.282. The summed E-state index contributed by atoms with van der Waals surface area (Å²) in [5.41, 5.74) is -2.68. The molecule has 11 heteroatoms. The van der Waals surface area contributed by atoms with Crippen LogP contribution in [0.1, 0.15) is 94.9 Å². The number of alkyl halides is 1. The number of ether oxygens (including phenoxy) is 5. The van der Waals surface area contributed by atoms with Crippen LogP contribution in [0.25, 0.3) is 0 Å². The van der Waals surface area contributed by atoms with E-state index in [0.717, 1.165) is 0 Å². The second-order valence-electron chi connectivity index (χ2n) is 13.7. The fourth-order valence-electron chi connectivity index (χ4n) is 7.06. The summed E-state index contributed by atoms with van der Waals surface area (Å²) in [5, 5.41) is 27.0. The van der Waals surface area contributed by atoms with Crippen molar-refractivity contribution < 1.29 is 47.9 Å². The predicted octanol–water partition coefficient (Wildman–Crippen LogP) is 5.02. The number of carbonyl (C=O) groups is 1. The number of methoxy groups -OCH3 is 2. The lowest BCUT2D eigenvalue weighted by Gasteiger charge is -2.47. The van der Waals surface area contributed by atoms with Crippen LogP contribution in [0.2, 0.25) is 0 Å². The van der Waals surface area contributed by atoms with E-state index in [1.807, 2.05) is 34.6 Å². The van der Waals surface area contributed by atoms with Crippen LogP contribution in [-0.4, -0.2) is 90.5 Å². The van der Waals surface area contributed by atoms with Gasteiger partial charge in [0, 0.05) is 38.4 Å². The number of halogens is 1. The molecule has 13 atom stereocenters. The molecule has 0 aromatic rings. The quantitative estimate of drug-likeness (QED) is 0.298. The number of rotatable bonds is 7. The standard InChI is InChI=1S/C32H58FNO9/c1-13-24-32(10,37)28(35)20(4)26(34-40-17-33)18(2)14-30(8,38-11)15-19(3)27(21(5)29(36)42-24)43-25-16-31(9,39-12)22(6)23(7)41-25/h18-25,27-28,35,37H,13-17H2,1-12H3/b34-26+/t18-,19-,20?,21-,22+,23?,24-,25+,27+,28?,30-,31-,32-/m1/s1. The normalized spacial score (nSPS) is 46.7. The number of cyclic esters (lactones) is 1. The number of nitrogens with zero attached hydrogens (tertiary/aromatic N) is 1. The molecule has 2 aliphatic heterocycles. The van der Waals surface area contributed by atoms with Crippen molar-refractivity contribution in [3.05, 3.63) is 0 Å². The van der Waals surface area contributed by atoms with Gasteiger partial charge in [0.15, 0.2) is 6.29 Å². The molecule has 3 unspecified atom stereocenters. The van der Waals surface area contributed by atoms with Crippen molar-refractivity contribution in [3.63, 3.8) is 0 Å². The summed E-state index contributed by atoms with van der Waals surface area (Å²) in [6.45, 7) is 17.5. The van der Waals surface area contributed by atoms with Gasteiger partial charge in [-0.25, -0.2) is 4.39 Å². The highest BCUT2D eigenvalue weighted by molar-refractivity contribution is 5.88. The largest absolute Gasteiger partial charge is 0.459 e. The summed E-state index contributed by atoms with van der Waals surface area (Å²) in [5.74, 6) is -2.45. The van der Waals surface area contributed by atoms with Crippen molar-refractivity contribution in [3.8, 4) is 0 Å². The average Bonchev–Trinajstić information content (AvgIpc) is 2.95. The minimum atomic E-state index is -1.85. The molecule has 0 radical (unpaired) electrons. The van der Waals surface area contributed by atoms with E-state index in [2.05, 4.69) is 12.1 Å². The Kier molecular flexibility index (Phi) is 13.4. The first-order valence-corrected chi connectivity index (χ1v) is 15.7. The molecule has 0 amide bonds. The van der Waals surface area contributed by atoms with Crippen LogP contribution in [0.15, 0.2) is 5.16 Å². The Morgan fingerprint density at radius 3 is 2.16 bits per heavy atom. The molecule has 10 nitrogen and oxygen atoms in total. The fourth-order valence-corrected chi connectivity index (χ4v) is 7.06.